The van der Waals surface area contributed by atoms with Gasteiger partial charge in [0.1, 0.15) is 5.75 Å². The number of aromatic nitrogens is 1. The molecule has 0 spiro atoms. The van der Waals surface area contributed by atoms with Crippen LogP contribution in [-0.2, 0) is 6.54 Å². The standard InChI is InChI=1S/C23H19F3N2O4/c24-23(25,26)32-17-5-3-15(4-6-17)18-7-8-20(29)28-12-14-10-16(21(18)28)13-27(11-14)22(30)19-2-1-9-31-19/h1-9,14,16H,10-13H2/t14-,16-/m1/s1. The number of ether oxygens (including phenoxy) is 1. The molecule has 2 aliphatic heterocycles. The van der Waals surface area contributed by atoms with Crippen molar-refractivity contribution in [1.29, 1.82) is 0 Å². The second-order valence-electron chi connectivity index (χ2n) is 8.14. The van der Waals surface area contributed by atoms with Gasteiger partial charge in [-0.2, -0.15) is 0 Å². The van der Waals surface area contributed by atoms with Gasteiger partial charge in [-0.1, -0.05) is 12.1 Å². The van der Waals surface area contributed by atoms with E-state index in [2.05, 4.69) is 4.74 Å². The number of amides is 1. The van der Waals surface area contributed by atoms with Crippen molar-refractivity contribution in [2.24, 2.45) is 5.92 Å². The maximum atomic E-state index is 12.8. The van der Waals surface area contributed by atoms with Crippen molar-refractivity contribution in [3.8, 4) is 16.9 Å². The highest BCUT2D eigenvalue weighted by Crippen LogP contribution is 2.40. The molecule has 166 valence electrons. The summed E-state index contributed by atoms with van der Waals surface area (Å²) in [5.41, 5.74) is 2.12. The fourth-order valence-corrected chi connectivity index (χ4v) is 4.82. The molecule has 1 fully saturated rings. The van der Waals surface area contributed by atoms with Crippen LogP contribution >= 0.6 is 0 Å². The third-order valence-electron chi connectivity index (χ3n) is 6.01. The molecule has 6 nitrogen and oxygen atoms in total. The first-order valence-electron chi connectivity index (χ1n) is 10.2. The number of rotatable bonds is 3. The lowest BCUT2D eigenvalue weighted by Gasteiger charge is -2.43. The molecule has 9 heteroatoms. The molecule has 1 aromatic carbocycles. The number of alkyl halides is 3. The summed E-state index contributed by atoms with van der Waals surface area (Å²) in [6.45, 7) is 1.45. The quantitative estimate of drug-likeness (QED) is 0.606. The molecule has 1 saturated heterocycles. The minimum absolute atomic E-state index is 0.0728. The molecule has 0 saturated carbocycles. The highest BCUT2D eigenvalue weighted by atomic mass is 19.4. The van der Waals surface area contributed by atoms with Crippen molar-refractivity contribution in [3.63, 3.8) is 0 Å². The third-order valence-corrected chi connectivity index (χ3v) is 6.01. The predicted molar refractivity (Wildman–Crippen MR) is 108 cm³/mol. The van der Waals surface area contributed by atoms with Crippen LogP contribution < -0.4 is 10.3 Å². The number of hydrogen-bond donors (Lipinski definition) is 0. The number of pyridine rings is 1. The molecule has 2 aliphatic rings. The van der Waals surface area contributed by atoms with E-state index in [4.69, 9.17) is 4.42 Å². The molecule has 0 unspecified atom stereocenters. The molecule has 0 radical (unpaired) electrons. The zero-order valence-corrected chi connectivity index (χ0v) is 16.8. The highest BCUT2D eigenvalue weighted by molar-refractivity contribution is 5.91. The Hall–Kier alpha value is -3.49. The largest absolute Gasteiger partial charge is 0.573 e. The van der Waals surface area contributed by atoms with Crippen LogP contribution in [0.15, 0.2) is 64.0 Å². The maximum absolute atomic E-state index is 12.8. The smallest absolute Gasteiger partial charge is 0.459 e. The molecule has 0 N–H and O–H groups in total. The van der Waals surface area contributed by atoms with Crippen LogP contribution in [0.25, 0.3) is 11.1 Å². The number of fused-ring (bicyclic) bond motifs is 4. The Morgan fingerprint density at radius 2 is 1.81 bits per heavy atom. The van der Waals surface area contributed by atoms with Crippen LogP contribution in [0.3, 0.4) is 0 Å². The number of piperidine rings is 1. The van der Waals surface area contributed by atoms with Crippen LogP contribution in [0, 0.1) is 5.92 Å². The molecular weight excluding hydrogens is 425 g/mol. The molecule has 2 bridgehead atoms. The van der Waals surface area contributed by atoms with E-state index in [0.29, 0.717) is 25.2 Å². The van der Waals surface area contributed by atoms with Crippen LogP contribution in [0.1, 0.15) is 28.6 Å². The SMILES string of the molecule is O=C(c1ccco1)N1C[C@H]2C[C@H](C1)c1c(-c3ccc(OC(F)(F)F)cc3)ccc(=O)n1C2. The minimum Gasteiger partial charge on any atom is -0.459 e. The van der Waals surface area contributed by atoms with Gasteiger partial charge in [-0.15, -0.1) is 13.2 Å². The van der Waals surface area contributed by atoms with Gasteiger partial charge in [0.25, 0.3) is 11.5 Å². The van der Waals surface area contributed by atoms with Crippen LogP contribution in [0.5, 0.6) is 5.75 Å². The molecule has 2 atom stereocenters. The van der Waals surface area contributed by atoms with E-state index in [0.717, 1.165) is 17.7 Å². The Balaban J connectivity index is 1.49. The summed E-state index contributed by atoms with van der Waals surface area (Å²) >= 11 is 0. The lowest BCUT2D eigenvalue weighted by atomic mass is 9.80. The summed E-state index contributed by atoms with van der Waals surface area (Å²) in [5, 5.41) is 0. The summed E-state index contributed by atoms with van der Waals surface area (Å²) in [6, 6.07) is 12.1. The fraction of sp³-hybridized carbons (Fsp3) is 0.304. The number of carbonyl (C=O) groups excluding carboxylic acids is 1. The molecule has 3 aromatic rings. The lowest BCUT2D eigenvalue weighted by molar-refractivity contribution is -0.274. The monoisotopic (exact) mass is 444 g/mol. The maximum Gasteiger partial charge on any atom is 0.573 e. The van der Waals surface area contributed by atoms with Gasteiger partial charge in [-0.3, -0.25) is 9.59 Å². The zero-order valence-electron chi connectivity index (χ0n) is 16.8. The fourth-order valence-electron chi connectivity index (χ4n) is 4.82. The Bertz CT molecular complexity index is 1200. The van der Waals surface area contributed by atoms with E-state index >= 15 is 0 Å². The number of furan rings is 1. The average Bonchev–Trinajstić information content (AvgIpc) is 3.28. The molecule has 2 aromatic heterocycles. The molecule has 4 heterocycles. The first kappa shape index (κ1) is 20.4. The van der Waals surface area contributed by atoms with Crippen molar-refractivity contribution >= 4 is 5.91 Å². The van der Waals surface area contributed by atoms with Crippen LogP contribution in [-0.4, -0.2) is 34.8 Å². The van der Waals surface area contributed by atoms with Crippen molar-refractivity contribution in [2.75, 3.05) is 13.1 Å². The van der Waals surface area contributed by atoms with Gasteiger partial charge in [0, 0.05) is 42.9 Å². The van der Waals surface area contributed by atoms with Gasteiger partial charge in [-0.25, -0.2) is 0 Å². The van der Waals surface area contributed by atoms with E-state index < -0.39 is 6.36 Å². The second-order valence-corrected chi connectivity index (χ2v) is 8.14. The molecular formula is C23H19F3N2O4. The Morgan fingerprint density at radius 3 is 2.50 bits per heavy atom. The Kier molecular flexibility index (Phi) is 4.83. The second kappa shape index (κ2) is 7.58. The van der Waals surface area contributed by atoms with Gasteiger partial charge in [0.2, 0.25) is 0 Å². The van der Waals surface area contributed by atoms with Gasteiger partial charge in [-0.05, 0) is 48.2 Å². The van der Waals surface area contributed by atoms with Gasteiger partial charge >= 0.3 is 6.36 Å². The summed E-state index contributed by atoms with van der Waals surface area (Å²) < 4.78 is 48.4. The van der Waals surface area contributed by atoms with Gasteiger partial charge in [0.05, 0.1) is 6.26 Å². The number of carbonyl (C=O) groups is 1. The van der Waals surface area contributed by atoms with Crippen LogP contribution in [0.2, 0.25) is 0 Å². The van der Waals surface area contributed by atoms with E-state index in [1.807, 2.05) is 0 Å². The normalized spacial score (nSPS) is 20.0. The first-order valence-corrected chi connectivity index (χ1v) is 10.2. The minimum atomic E-state index is -4.76. The molecule has 1 amide bonds. The van der Waals surface area contributed by atoms with E-state index in [9.17, 15) is 22.8 Å². The topological polar surface area (TPSA) is 64.7 Å². The summed E-state index contributed by atoms with van der Waals surface area (Å²) in [5.74, 6) is -0.161. The third kappa shape index (κ3) is 3.79. The number of halogens is 3. The summed E-state index contributed by atoms with van der Waals surface area (Å²) in [6.07, 6.45) is -2.48. The van der Waals surface area contributed by atoms with Crippen molar-refractivity contribution in [3.05, 3.63) is 76.6 Å². The number of likely N-dealkylation sites (tertiary alicyclic amines) is 1. The predicted octanol–water partition coefficient (Wildman–Crippen LogP) is 4.27. The van der Waals surface area contributed by atoms with Crippen molar-refractivity contribution in [1.82, 2.24) is 9.47 Å². The van der Waals surface area contributed by atoms with Gasteiger partial charge < -0.3 is 18.6 Å². The molecule has 5 rings (SSSR count). The molecule has 0 aliphatic carbocycles. The number of nitrogens with zero attached hydrogens (tertiary/aromatic N) is 2. The van der Waals surface area contributed by atoms with Crippen LogP contribution in [0.4, 0.5) is 13.2 Å². The van der Waals surface area contributed by atoms with E-state index in [-0.39, 0.29) is 34.8 Å². The average molecular weight is 444 g/mol. The van der Waals surface area contributed by atoms with E-state index in [1.165, 1.54) is 24.5 Å². The highest BCUT2D eigenvalue weighted by Gasteiger charge is 2.38. The first-order chi connectivity index (χ1) is 15.3. The Morgan fingerprint density at radius 1 is 1.03 bits per heavy atom. The summed E-state index contributed by atoms with van der Waals surface area (Å²) in [4.78, 5) is 27.2. The van der Waals surface area contributed by atoms with Gasteiger partial charge in [0.15, 0.2) is 5.76 Å². The lowest BCUT2D eigenvalue weighted by Crippen LogP contribution is -2.49. The van der Waals surface area contributed by atoms with E-state index in [1.54, 1.807) is 39.8 Å². The molecule has 32 heavy (non-hydrogen) atoms. The number of hydrogen-bond acceptors (Lipinski definition) is 4. The number of benzene rings is 1. The zero-order chi connectivity index (χ0) is 22.5. The Labute approximate surface area is 180 Å². The van der Waals surface area contributed by atoms with Crippen molar-refractivity contribution < 1.29 is 27.1 Å². The summed E-state index contributed by atoms with van der Waals surface area (Å²) in [7, 11) is 0. The van der Waals surface area contributed by atoms with Crippen molar-refractivity contribution in [2.45, 2.75) is 25.2 Å².